The van der Waals surface area contributed by atoms with E-state index in [2.05, 4.69) is 37.3 Å². The molecule has 0 N–H and O–H groups in total. The fourth-order valence-corrected chi connectivity index (χ4v) is 10.6. The van der Waals surface area contributed by atoms with Gasteiger partial charge in [-0.05, 0) is 92.8 Å². The van der Waals surface area contributed by atoms with Gasteiger partial charge < -0.3 is 14.4 Å². The van der Waals surface area contributed by atoms with Crippen molar-refractivity contribution in [2.45, 2.75) is 149 Å². The molecule has 0 aromatic heterocycles. The minimum absolute atomic E-state index is 0.0174. The Morgan fingerprint density at radius 3 is 2.12 bits per heavy atom. The van der Waals surface area contributed by atoms with E-state index < -0.39 is 0 Å². The molecule has 0 radical (unpaired) electrons. The van der Waals surface area contributed by atoms with Crippen LogP contribution in [0, 0.1) is 40.4 Å². The molecule has 6 heteroatoms. The second-order valence-corrected chi connectivity index (χ2v) is 14.9. The molecule has 3 saturated carbocycles. The van der Waals surface area contributed by atoms with Crippen LogP contribution in [0.3, 0.4) is 0 Å². The molecule has 4 aliphatic rings. The third-order valence-corrected chi connectivity index (χ3v) is 12.6. The average Bonchev–Trinajstić information content (AvgIpc) is 3.21. The Morgan fingerprint density at radius 2 is 1.49 bits per heavy atom. The van der Waals surface area contributed by atoms with Crippen molar-refractivity contribution in [1.29, 1.82) is 0 Å². The smallest absolute Gasteiger partial charge is 0.306 e. The van der Waals surface area contributed by atoms with Crippen molar-refractivity contribution >= 4 is 17.8 Å². The van der Waals surface area contributed by atoms with Gasteiger partial charge in [-0.15, -0.1) is 0 Å². The van der Waals surface area contributed by atoms with E-state index in [9.17, 15) is 14.4 Å². The van der Waals surface area contributed by atoms with Crippen molar-refractivity contribution in [2.75, 3.05) is 14.2 Å². The first kappa shape index (κ1) is 32.3. The van der Waals surface area contributed by atoms with Crippen molar-refractivity contribution < 1.29 is 23.9 Å². The van der Waals surface area contributed by atoms with Crippen LogP contribution in [0.25, 0.3) is 0 Å². The molecule has 4 rings (SSSR count). The van der Waals surface area contributed by atoms with Crippen molar-refractivity contribution in [3.8, 4) is 0 Å². The Hall–Kier alpha value is -1.59. The van der Waals surface area contributed by atoms with Crippen LogP contribution in [0.4, 0.5) is 0 Å². The lowest BCUT2D eigenvalue weighted by molar-refractivity contribution is -0.165. The lowest BCUT2D eigenvalue weighted by atomic mass is 9.46. The Labute approximate surface area is 250 Å². The van der Waals surface area contributed by atoms with Crippen LogP contribution in [0.5, 0.6) is 0 Å². The molecule has 3 aliphatic carbocycles. The van der Waals surface area contributed by atoms with Crippen LogP contribution >= 0.6 is 0 Å². The first-order chi connectivity index (χ1) is 19.5. The number of unbranched alkanes of at least 4 members (excludes halogenated alkanes) is 7. The number of esters is 2. The van der Waals surface area contributed by atoms with E-state index in [0.717, 1.165) is 57.3 Å². The molecule has 9 atom stereocenters. The van der Waals surface area contributed by atoms with Crippen molar-refractivity contribution in [3.63, 3.8) is 0 Å². The maximum Gasteiger partial charge on any atom is 0.306 e. The molecule has 4 fully saturated rings. The van der Waals surface area contributed by atoms with Crippen LogP contribution in [0.1, 0.15) is 137 Å². The summed E-state index contributed by atoms with van der Waals surface area (Å²) in [5.74, 6) is 3.34. The van der Waals surface area contributed by atoms with Gasteiger partial charge in [-0.25, -0.2) is 0 Å². The Bertz CT molecular complexity index is 920. The largest absolute Gasteiger partial charge is 0.469 e. The molecule has 0 spiro atoms. The van der Waals surface area contributed by atoms with Crippen molar-refractivity contribution in [3.05, 3.63) is 0 Å². The monoisotopic (exact) mass is 573 g/mol. The molecule has 1 saturated heterocycles. The number of rotatable bonds is 13. The van der Waals surface area contributed by atoms with Gasteiger partial charge in [0.15, 0.2) is 0 Å². The van der Waals surface area contributed by atoms with Crippen LogP contribution in [0.15, 0.2) is 0 Å². The van der Waals surface area contributed by atoms with Crippen LogP contribution in [0.2, 0.25) is 0 Å². The molecular formula is C35H59NO5. The van der Waals surface area contributed by atoms with Crippen molar-refractivity contribution in [1.82, 2.24) is 4.90 Å². The minimum atomic E-state index is -0.112. The standard InChI is InChI=1S/C35H59NO5/c1-24-23-28-26-17-18-29-34(3,22-20-30(37)36(29)5)27(26)19-21-35(28,4)33(24)25(2)41-32(39)16-14-12-10-8-7-9-11-13-15-31(38)40-6/h24-29,33H,7-23H2,1-6H3/t24?,25?,26-,27+,28+,29-,33-,34-,35+/m1/s1. The molecule has 1 amide bonds. The van der Waals surface area contributed by atoms with Gasteiger partial charge in [0.25, 0.3) is 0 Å². The summed E-state index contributed by atoms with van der Waals surface area (Å²) in [5, 5.41) is 0. The fourth-order valence-electron chi connectivity index (χ4n) is 10.6. The van der Waals surface area contributed by atoms with E-state index in [0.29, 0.717) is 54.9 Å². The number of nitrogens with zero attached hydrogens (tertiary/aromatic N) is 1. The van der Waals surface area contributed by atoms with E-state index in [1.807, 2.05) is 7.05 Å². The topological polar surface area (TPSA) is 72.9 Å². The van der Waals surface area contributed by atoms with Gasteiger partial charge in [0, 0.05) is 38.3 Å². The number of carbonyl (C=O) groups is 3. The van der Waals surface area contributed by atoms with E-state index in [4.69, 9.17) is 4.74 Å². The number of fused-ring (bicyclic) bond motifs is 5. The second kappa shape index (κ2) is 13.8. The number of likely N-dealkylation sites (tertiary alicyclic amines) is 1. The normalized spacial score (nSPS) is 37.1. The minimum Gasteiger partial charge on any atom is -0.469 e. The van der Waals surface area contributed by atoms with E-state index >= 15 is 0 Å². The molecule has 6 nitrogen and oxygen atoms in total. The highest BCUT2D eigenvalue weighted by Crippen LogP contribution is 2.67. The van der Waals surface area contributed by atoms with Gasteiger partial charge in [0.2, 0.25) is 5.91 Å². The molecule has 234 valence electrons. The zero-order valence-corrected chi connectivity index (χ0v) is 27.1. The summed E-state index contributed by atoms with van der Waals surface area (Å²) in [6.07, 6.45) is 17.6. The van der Waals surface area contributed by atoms with Gasteiger partial charge in [-0.1, -0.05) is 59.3 Å². The number of hydrogen-bond donors (Lipinski definition) is 0. The summed E-state index contributed by atoms with van der Waals surface area (Å²) in [6.45, 7) is 9.59. The molecule has 0 aromatic carbocycles. The number of methoxy groups -OCH3 is 1. The third-order valence-electron chi connectivity index (χ3n) is 12.6. The summed E-state index contributed by atoms with van der Waals surface area (Å²) in [7, 11) is 3.49. The Morgan fingerprint density at radius 1 is 0.878 bits per heavy atom. The molecule has 1 aliphatic heterocycles. The summed E-state index contributed by atoms with van der Waals surface area (Å²) in [5.41, 5.74) is 0.480. The van der Waals surface area contributed by atoms with Gasteiger partial charge in [-0.2, -0.15) is 0 Å². The molecule has 0 bridgehead atoms. The predicted octanol–water partition coefficient (Wildman–Crippen LogP) is 7.72. The molecule has 2 unspecified atom stereocenters. The van der Waals surface area contributed by atoms with Crippen LogP contribution in [-0.4, -0.2) is 49.0 Å². The number of amides is 1. The van der Waals surface area contributed by atoms with Gasteiger partial charge in [-0.3, -0.25) is 14.4 Å². The number of piperidine rings is 1. The lowest BCUT2D eigenvalue weighted by Crippen LogP contribution is -2.61. The Kier molecular flexibility index (Phi) is 10.9. The summed E-state index contributed by atoms with van der Waals surface area (Å²) in [6, 6.07) is 0.405. The van der Waals surface area contributed by atoms with E-state index in [-0.39, 0.29) is 28.9 Å². The maximum absolute atomic E-state index is 12.9. The molecule has 0 aromatic rings. The number of carbonyl (C=O) groups excluding carboxylic acids is 3. The summed E-state index contributed by atoms with van der Waals surface area (Å²) < 4.78 is 10.9. The quantitative estimate of drug-likeness (QED) is 0.167. The molecule has 41 heavy (non-hydrogen) atoms. The van der Waals surface area contributed by atoms with Gasteiger partial charge in [0.05, 0.1) is 7.11 Å². The zero-order chi connectivity index (χ0) is 29.8. The van der Waals surface area contributed by atoms with Crippen LogP contribution < -0.4 is 0 Å². The SMILES string of the molecule is COC(=O)CCCCCCCCCCC(=O)OC(C)[C@H]1C(C)C[C@H]2[C@@H]3CC[C@H]4N(C)C(=O)CC[C@]4(C)[C@H]3CC[C@]12C. The third kappa shape index (κ3) is 6.82. The predicted molar refractivity (Wildman–Crippen MR) is 162 cm³/mol. The highest BCUT2D eigenvalue weighted by Gasteiger charge is 2.63. The van der Waals surface area contributed by atoms with Gasteiger partial charge >= 0.3 is 11.9 Å². The molecular weight excluding hydrogens is 514 g/mol. The first-order valence-electron chi connectivity index (χ1n) is 17.0. The second-order valence-electron chi connectivity index (χ2n) is 14.9. The number of ether oxygens (including phenoxy) is 2. The Balaban J connectivity index is 1.21. The first-order valence-corrected chi connectivity index (χ1v) is 17.0. The summed E-state index contributed by atoms with van der Waals surface area (Å²) >= 11 is 0. The zero-order valence-electron chi connectivity index (χ0n) is 27.1. The van der Waals surface area contributed by atoms with Gasteiger partial charge in [0.1, 0.15) is 6.10 Å². The highest BCUT2D eigenvalue weighted by molar-refractivity contribution is 5.77. The highest BCUT2D eigenvalue weighted by atomic mass is 16.5. The average molecular weight is 574 g/mol. The number of hydrogen-bond acceptors (Lipinski definition) is 5. The van der Waals surface area contributed by atoms with E-state index in [1.165, 1.54) is 45.6 Å². The lowest BCUT2D eigenvalue weighted by Gasteiger charge is -2.62. The van der Waals surface area contributed by atoms with Crippen LogP contribution in [-0.2, 0) is 23.9 Å². The van der Waals surface area contributed by atoms with Crippen molar-refractivity contribution in [2.24, 2.45) is 40.4 Å². The fraction of sp³-hybridized carbons (Fsp3) is 0.914. The summed E-state index contributed by atoms with van der Waals surface area (Å²) in [4.78, 5) is 38.6. The van der Waals surface area contributed by atoms with E-state index in [1.54, 1.807) is 0 Å². The molecule has 1 heterocycles. The maximum atomic E-state index is 12.9.